The topological polar surface area (TPSA) is 99.4 Å². The molecule has 0 radical (unpaired) electrons. The molecule has 7 nitrogen and oxygen atoms in total. The fraction of sp³-hybridized carbons (Fsp3) is 0. The number of anilines is 1. The molecule has 1 aromatic carbocycles. The van der Waals surface area contributed by atoms with Crippen molar-refractivity contribution in [3.05, 3.63) is 57.6 Å². The highest BCUT2D eigenvalue weighted by Crippen LogP contribution is 2.20. The van der Waals surface area contributed by atoms with Gasteiger partial charge in [-0.25, -0.2) is 4.68 Å². The van der Waals surface area contributed by atoms with Crippen molar-refractivity contribution in [2.24, 2.45) is 0 Å². The Hall–Kier alpha value is -2.67. The van der Waals surface area contributed by atoms with Gasteiger partial charge in [0.05, 0.1) is 21.7 Å². The maximum atomic E-state index is 12.3. The fourth-order valence-corrected chi connectivity index (χ4v) is 2.42. The van der Waals surface area contributed by atoms with Gasteiger partial charge in [-0.1, -0.05) is 18.2 Å². The summed E-state index contributed by atoms with van der Waals surface area (Å²) in [4.78, 5) is 12.3. The summed E-state index contributed by atoms with van der Waals surface area (Å²) in [5.74, 6) is -0.0554. The third-order valence-corrected chi connectivity index (χ3v) is 3.76. The van der Waals surface area contributed by atoms with E-state index in [2.05, 4.69) is 20.6 Å². The number of carbonyl (C=O) groups is 1. The van der Waals surface area contributed by atoms with Crippen molar-refractivity contribution in [1.29, 1.82) is 5.26 Å². The van der Waals surface area contributed by atoms with Crippen LogP contribution in [-0.4, -0.2) is 25.9 Å². The van der Waals surface area contributed by atoms with Crippen molar-refractivity contribution in [3.8, 4) is 11.8 Å². The number of nitriles is 1. The number of rotatable bonds is 3. The van der Waals surface area contributed by atoms with Crippen LogP contribution in [0.2, 0.25) is 0 Å². The van der Waals surface area contributed by atoms with Gasteiger partial charge in [0, 0.05) is 0 Å². The first-order valence-corrected chi connectivity index (χ1v) is 7.32. The first-order valence-electron chi connectivity index (χ1n) is 6.24. The van der Waals surface area contributed by atoms with Crippen molar-refractivity contribution in [3.63, 3.8) is 0 Å². The van der Waals surface area contributed by atoms with Gasteiger partial charge in [-0.05, 0) is 34.7 Å². The summed E-state index contributed by atoms with van der Waals surface area (Å²) in [7, 11) is 0. The second-order valence-corrected chi connectivity index (χ2v) is 5.48. The van der Waals surface area contributed by atoms with Crippen LogP contribution in [0.3, 0.4) is 0 Å². The van der Waals surface area contributed by atoms with E-state index in [0.29, 0.717) is 15.1 Å². The van der Waals surface area contributed by atoms with Crippen molar-refractivity contribution in [2.45, 2.75) is 0 Å². The second-order valence-electron chi connectivity index (χ2n) is 4.31. The van der Waals surface area contributed by atoms with Crippen LogP contribution in [0.4, 0.5) is 5.82 Å². The number of para-hydroxylation sites is 1. The number of aromatic amines is 1. The van der Waals surface area contributed by atoms with Crippen LogP contribution in [0, 0.1) is 14.9 Å². The molecule has 8 heteroatoms. The van der Waals surface area contributed by atoms with Crippen LogP contribution in [0.1, 0.15) is 16.1 Å². The number of amides is 1. The van der Waals surface area contributed by atoms with E-state index in [4.69, 9.17) is 0 Å². The summed E-state index contributed by atoms with van der Waals surface area (Å²) in [6.45, 7) is 0. The molecule has 2 N–H and O–H groups in total. The Morgan fingerprint density at radius 3 is 2.73 bits per heavy atom. The first-order chi connectivity index (χ1) is 10.7. The Balaban J connectivity index is 2.00. The molecular weight excluding hydrogens is 395 g/mol. The number of hydrogen-bond donors (Lipinski definition) is 2. The van der Waals surface area contributed by atoms with Crippen LogP contribution in [0.5, 0.6) is 0 Å². The molecule has 22 heavy (non-hydrogen) atoms. The number of H-pyrrole nitrogens is 1. The van der Waals surface area contributed by atoms with E-state index >= 15 is 0 Å². The summed E-state index contributed by atoms with van der Waals surface area (Å²) in [6, 6.07) is 11.3. The lowest BCUT2D eigenvalue weighted by Gasteiger charge is -2.09. The molecule has 0 aliphatic rings. The zero-order valence-corrected chi connectivity index (χ0v) is 13.3. The molecule has 0 saturated carbocycles. The number of aromatic nitrogens is 4. The predicted octanol–water partition coefficient (Wildman–Crippen LogP) is 2.32. The lowest BCUT2D eigenvalue weighted by Crippen LogP contribution is -2.17. The Morgan fingerprint density at radius 1 is 1.32 bits per heavy atom. The van der Waals surface area contributed by atoms with Gasteiger partial charge in [0.25, 0.3) is 5.91 Å². The molecular formula is C14H9IN6O. The van der Waals surface area contributed by atoms with Gasteiger partial charge in [-0.2, -0.15) is 15.5 Å². The normalized spacial score (nSPS) is 10.2. The molecule has 0 fully saturated rings. The van der Waals surface area contributed by atoms with E-state index in [1.54, 1.807) is 6.20 Å². The Bertz CT molecular complexity index is 861. The van der Waals surface area contributed by atoms with Crippen molar-refractivity contribution >= 4 is 34.3 Å². The second kappa shape index (κ2) is 5.98. The average molecular weight is 404 g/mol. The molecule has 0 aliphatic heterocycles. The maximum absolute atomic E-state index is 12.3. The molecule has 0 unspecified atom stereocenters. The van der Waals surface area contributed by atoms with Gasteiger partial charge in [0.1, 0.15) is 17.3 Å². The molecule has 0 spiro atoms. The van der Waals surface area contributed by atoms with Crippen LogP contribution in [0.15, 0.2) is 42.7 Å². The average Bonchev–Trinajstić information content (AvgIpc) is 3.14. The predicted molar refractivity (Wildman–Crippen MR) is 87.5 cm³/mol. The number of benzene rings is 1. The molecule has 0 aliphatic carbocycles. The Labute approximate surface area is 139 Å². The van der Waals surface area contributed by atoms with E-state index in [1.165, 1.54) is 10.9 Å². The van der Waals surface area contributed by atoms with Gasteiger partial charge in [-0.3, -0.25) is 9.89 Å². The first kappa shape index (κ1) is 14.3. The molecule has 0 atom stereocenters. The highest BCUT2D eigenvalue weighted by Gasteiger charge is 2.18. The third kappa shape index (κ3) is 2.58. The van der Waals surface area contributed by atoms with E-state index < -0.39 is 0 Å². The molecule has 3 rings (SSSR count). The molecule has 108 valence electrons. The van der Waals surface area contributed by atoms with Gasteiger partial charge >= 0.3 is 0 Å². The van der Waals surface area contributed by atoms with E-state index in [9.17, 15) is 10.1 Å². The standard InChI is InChI=1S/C14H9IN6O/c15-11-8-17-20-12(11)14(22)19-13-9(6-16)7-18-21(13)10-4-2-1-3-5-10/h1-5,7-8H,(H,17,20)(H,19,22). The minimum absolute atomic E-state index is 0.284. The molecule has 1 amide bonds. The van der Waals surface area contributed by atoms with Crippen molar-refractivity contribution < 1.29 is 4.79 Å². The van der Waals surface area contributed by atoms with Crippen LogP contribution in [0.25, 0.3) is 5.69 Å². The molecule has 2 heterocycles. The zero-order valence-electron chi connectivity index (χ0n) is 11.1. The van der Waals surface area contributed by atoms with Gasteiger partial charge in [0.2, 0.25) is 0 Å². The van der Waals surface area contributed by atoms with Gasteiger partial charge < -0.3 is 5.32 Å². The summed E-state index contributed by atoms with van der Waals surface area (Å²) >= 11 is 2.01. The Kier molecular flexibility index (Phi) is 3.88. The molecule has 0 saturated heterocycles. The summed E-state index contributed by atoms with van der Waals surface area (Å²) in [6.07, 6.45) is 2.97. The smallest absolute Gasteiger partial charge is 0.275 e. The minimum Gasteiger partial charge on any atom is -0.304 e. The van der Waals surface area contributed by atoms with E-state index in [0.717, 1.165) is 5.69 Å². The van der Waals surface area contributed by atoms with Crippen molar-refractivity contribution in [1.82, 2.24) is 20.0 Å². The van der Waals surface area contributed by atoms with Crippen molar-refractivity contribution in [2.75, 3.05) is 5.32 Å². The highest BCUT2D eigenvalue weighted by molar-refractivity contribution is 14.1. The quantitative estimate of drug-likeness (QED) is 0.655. The van der Waals surface area contributed by atoms with Crippen LogP contribution in [-0.2, 0) is 0 Å². The zero-order chi connectivity index (χ0) is 15.5. The van der Waals surface area contributed by atoms with Crippen LogP contribution >= 0.6 is 22.6 Å². The highest BCUT2D eigenvalue weighted by atomic mass is 127. The molecule has 0 bridgehead atoms. The third-order valence-electron chi connectivity index (χ3n) is 2.94. The largest absolute Gasteiger partial charge is 0.304 e. The monoisotopic (exact) mass is 404 g/mol. The maximum Gasteiger partial charge on any atom is 0.275 e. The summed E-state index contributed by atoms with van der Waals surface area (Å²) in [5.41, 5.74) is 1.37. The lowest BCUT2D eigenvalue weighted by molar-refractivity contribution is 0.102. The number of carbonyl (C=O) groups excluding carboxylic acids is 1. The van der Waals surface area contributed by atoms with E-state index in [-0.39, 0.29) is 11.5 Å². The summed E-state index contributed by atoms with van der Waals surface area (Å²) < 4.78 is 2.21. The number of nitrogens with zero attached hydrogens (tertiary/aromatic N) is 4. The van der Waals surface area contributed by atoms with Gasteiger partial charge in [-0.15, -0.1) is 0 Å². The van der Waals surface area contributed by atoms with Gasteiger partial charge in [0.15, 0.2) is 5.82 Å². The van der Waals surface area contributed by atoms with Crippen LogP contribution < -0.4 is 5.32 Å². The SMILES string of the molecule is N#Cc1cnn(-c2ccccc2)c1NC(=O)c1[nH]ncc1I. The number of hydrogen-bond acceptors (Lipinski definition) is 4. The summed E-state index contributed by atoms with van der Waals surface area (Å²) in [5, 5.41) is 22.5. The molecule has 3 aromatic rings. The number of halogens is 1. The van der Waals surface area contributed by atoms with E-state index in [1.807, 2.05) is 59.0 Å². The fourth-order valence-electron chi connectivity index (χ4n) is 1.92. The number of nitrogens with one attached hydrogen (secondary N) is 2. The Morgan fingerprint density at radius 2 is 2.09 bits per heavy atom. The minimum atomic E-state index is -0.379. The molecule has 2 aromatic heterocycles. The lowest BCUT2D eigenvalue weighted by atomic mass is 10.3.